The lowest BCUT2D eigenvalue weighted by atomic mass is 10.2. The Morgan fingerprint density at radius 2 is 2.00 bits per heavy atom. The van der Waals surface area contributed by atoms with E-state index >= 15 is 0 Å². The van der Waals surface area contributed by atoms with Gasteiger partial charge < -0.3 is 5.11 Å². The Morgan fingerprint density at radius 3 is 2.44 bits per heavy atom. The molecule has 0 radical (unpaired) electrons. The molecule has 0 aromatic carbocycles. The predicted octanol–water partition coefficient (Wildman–Crippen LogP) is 1.10. The van der Waals surface area contributed by atoms with Crippen LogP contribution >= 0.6 is 0 Å². The minimum absolute atomic E-state index is 0.335. The van der Waals surface area contributed by atoms with Gasteiger partial charge in [0.15, 0.2) is 0 Å². The Morgan fingerprint density at radius 1 is 1.44 bits per heavy atom. The quantitative estimate of drug-likeness (QED) is 0.738. The van der Waals surface area contributed by atoms with Gasteiger partial charge in [0.2, 0.25) is 10.0 Å². The van der Waals surface area contributed by atoms with Gasteiger partial charge in [-0.05, 0) is 19.3 Å². The van der Waals surface area contributed by atoms with Crippen LogP contribution in [-0.2, 0) is 14.8 Å². The molecule has 0 bridgehead atoms. The molecule has 94 valence electrons. The van der Waals surface area contributed by atoms with E-state index in [1.807, 2.05) is 6.92 Å². The number of carbonyl (C=O) groups is 1. The molecule has 1 aliphatic carbocycles. The van der Waals surface area contributed by atoms with Crippen molar-refractivity contribution in [2.24, 2.45) is 0 Å². The van der Waals surface area contributed by atoms with Crippen molar-refractivity contribution >= 4 is 16.0 Å². The highest BCUT2D eigenvalue weighted by Gasteiger charge is 2.32. The molecule has 1 aliphatic rings. The molecule has 5 nitrogen and oxygen atoms in total. The minimum Gasteiger partial charge on any atom is -0.480 e. The maximum atomic E-state index is 11.8. The Kier molecular flexibility index (Phi) is 4.73. The lowest BCUT2D eigenvalue weighted by Crippen LogP contribution is -2.44. The van der Waals surface area contributed by atoms with E-state index in [1.54, 1.807) is 0 Å². The van der Waals surface area contributed by atoms with Gasteiger partial charge in [-0.1, -0.05) is 26.2 Å². The van der Waals surface area contributed by atoms with Crippen LogP contribution in [0.1, 0.15) is 45.4 Å². The van der Waals surface area contributed by atoms with Crippen molar-refractivity contribution in [2.75, 3.05) is 0 Å². The van der Waals surface area contributed by atoms with Gasteiger partial charge >= 0.3 is 5.97 Å². The first kappa shape index (κ1) is 13.4. The highest BCUT2D eigenvalue weighted by atomic mass is 32.2. The molecule has 1 fully saturated rings. The first-order valence-electron chi connectivity index (χ1n) is 5.71. The van der Waals surface area contributed by atoms with Crippen LogP contribution in [0, 0.1) is 0 Å². The summed E-state index contributed by atoms with van der Waals surface area (Å²) >= 11 is 0. The number of carboxylic acid groups (broad SMARTS) is 1. The highest BCUT2D eigenvalue weighted by Crippen LogP contribution is 2.24. The van der Waals surface area contributed by atoms with Crippen molar-refractivity contribution in [2.45, 2.75) is 56.7 Å². The minimum atomic E-state index is -3.46. The summed E-state index contributed by atoms with van der Waals surface area (Å²) in [7, 11) is -3.46. The van der Waals surface area contributed by atoms with Crippen LogP contribution in [-0.4, -0.2) is 30.8 Å². The summed E-state index contributed by atoms with van der Waals surface area (Å²) in [4.78, 5) is 10.9. The third kappa shape index (κ3) is 3.45. The largest absolute Gasteiger partial charge is 0.480 e. The molecule has 1 unspecified atom stereocenters. The Hall–Kier alpha value is -0.620. The zero-order chi connectivity index (χ0) is 12.2. The van der Waals surface area contributed by atoms with E-state index in [9.17, 15) is 13.2 Å². The SMILES string of the molecule is CCCC(NS(=O)(=O)C1CCCC1)C(=O)O. The number of nitrogens with one attached hydrogen (secondary N) is 1. The number of hydrogen-bond acceptors (Lipinski definition) is 3. The molecular weight excluding hydrogens is 230 g/mol. The molecule has 1 saturated carbocycles. The van der Waals surface area contributed by atoms with Crippen LogP contribution in [0.25, 0.3) is 0 Å². The third-order valence-corrected chi connectivity index (χ3v) is 4.89. The molecule has 2 N–H and O–H groups in total. The number of aliphatic carboxylic acids is 1. The maximum absolute atomic E-state index is 11.8. The molecule has 16 heavy (non-hydrogen) atoms. The average molecular weight is 249 g/mol. The molecular formula is C10H19NO4S. The normalized spacial score (nSPS) is 19.8. The van der Waals surface area contributed by atoms with Gasteiger partial charge in [0, 0.05) is 0 Å². The van der Waals surface area contributed by atoms with Gasteiger partial charge in [0.25, 0.3) is 0 Å². The smallest absolute Gasteiger partial charge is 0.321 e. The Labute approximate surface area is 96.3 Å². The topological polar surface area (TPSA) is 83.5 Å². The third-order valence-electron chi connectivity index (χ3n) is 2.92. The second-order valence-electron chi connectivity index (χ2n) is 4.25. The Balaban J connectivity index is 2.65. The van der Waals surface area contributed by atoms with Crippen LogP contribution in [0.4, 0.5) is 0 Å². The van der Waals surface area contributed by atoms with Crippen LogP contribution in [0.2, 0.25) is 0 Å². The fourth-order valence-corrected chi connectivity index (χ4v) is 3.78. The maximum Gasteiger partial charge on any atom is 0.321 e. The standard InChI is InChI=1S/C10H19NO4S/c1-2-5-9(10(12)13)11-16(14,15)8-6-3-4-7-8/h8-9,11H,2-7H2,1H3,(H,12,13). The van der Waals surface area contributed by atoms with Crippen molar-refractivity contribution in [3.8, 4) is 0 Å². The van der Waals surface area contributed by atoms with Crippen molar-refractivity contribution in [1.29, 1.82) is 0 Å². The molecule has 0 aliphatic heterocycles. The van der Waals surface area contributed by atoms with Crippen molar-refractivity contribution in [1.82, 2.24) is 4.72 Å². The number of rotatable bonds is 6. The fourth-order valence-electron chi connectivity index (χ4n) is 2.01. The first-order chi connectivity index (χ1) is 7.47. The van der Waals surface area contributed by atoms with Crippen molar-refractivity contribution < 1.29 is 18.3 Å². The molecule has 0 amide bonds. The summed E-state index contributed by atoms with van der Waals surface area (Å²) in [6, 6.07) is -0.976. The monoisotopic (exact) mass is 249 g/mol. The van der Waals surface area contributed by atoms with Crippen molar-refractivity contribution in [3.05, 3.63) is 0 Å². The molecule has 1 rings (SSSR count). The first-order valence-corrected chi connectivity index (χ1v) is 7.26. The Bertz CT molecular complexity index is 333. The number of hydrogen-bond donors (Lipinski definition) is 2. The van der Waals surface area contributed by atoms with E-state index < -0.39 is 27.3 Å². The van der Waals surface area contributed by atoms with Gasteiger partial charge in [-0.2, -0.15) is 0 Å². The van der Waals surface area contributed by atoms with Crippen LogP contribution in [0.5, 0.6) is 0 Å². The zero-order valence-electron chi connectivity index (χ0n) is 9.48. The lowest BCUT2D eigenvalue weighted by Gasteiger charge is -2.17. The van der Waals surface area contributed by atoms with Gasteiger partial charge in [-0.15, -0.1) is 0 Å². The summed E-state index contributed by atoms with van der Waals surface area (Å²) in [6.45, 7) is 1.83. The van der Waals surface area contributed by atoms with E-state index in [0.717, 1.165) is 12.8 Å². The van der Waals surface area contributed by atoms with E-state index in [4.69, 9.17) is 5.11 Å². The molecule has 6 heteroatoms. The summed E-state index contributed by atoms with van der Waals surface area (Å²) in [5, 5.41) is 8.49. The van der Waals surface area contributed by atoms with Gasteiger partial charge in [-0.3, -0.25) is 4.79 Å². The number of carboxylic acids is 1. The molecule has 0 saturated heterocycles. The van der Waals surface area contributed by atoms with E-state index in [-0.39, 0.29) is 0 Å². The van der Waals surface area contributed by atoms with Crippen molar-refractivity contribution in [3.63, 3.8) is 0 Å². The van der Waals surface area contributed by atoms with E-state index in [1.165, 1.54) is 0 Å². The summed E-state index contributed by atoms with van der Waals surface area (Å²) < 4.78 is 26.0. The summed E-state index contributed by atoms with van der Waals surface area (Å²) in [5.41, 5.74) is 0. The number of sulfonamides is 1. The zero-order valence-corrected chi connectivity index (χ0v) is 10.3. The molecule has 0 heterocycles. The highest BCUT2D eigenvalue weighted by molar-refractivity contribution is 7.90. The molecule has 0 aromatic rings. The molecule has 1 atom stereocenters. The van der Waals surface area contributed by atoms with Crippen LogP contribution in [0.3, 0.4) is 0 Å². The molecule has 0 aromatic heterocycles. The second kappa shape index (κ2) is 5.63. The van der Waals surface area contributed by atoms with E-state index in [0.29, 0.717) is 25.7 Å². The van der Waals surface area contributed by atoms with Gasteiger partial charge in [0.05, 0.1) is 5.25 Å². The van der Waals surface area contributed by atoms with Crippen LogP contribution < -0.4 is 4.72 Å². The van der Waals surface area contributed by atoms with E-state index in [2.05, 4.69) is 4.72 Å². The predicted molar refractivity (Wildman–Crippen MR) is 60.6 cm³/mol. The fraction of sp³-hybridized carbons (Fsp3) is 0.900. The lowest BCUT2D eigenvalue weighted by molar-refractivity contribution is -0.139. The summed E-state index contributed by atoms with van der Waals surface area (Å²) in [5.74, 6) is -1.09. The van der Waals surface area contributed by atoms with Gasteiger partial charge in [-0.25, -0.2) is 13.1 Å². The van der Waals surface area contributed by atoms with Gasteiger partial charge in [0.1, 0.15) is 6.04 Å². The average Bonchev–Trinajstić information content (AvgIpc) is 2.69. The second-order valence-corrected chi connectivity index (χ2v) is 6.24. The molecule has 0 spiro atoms. The van der Waals surface area contributed by atoms with Crippen LogP contribution in [0.15, 0.2) is 0 Å². The summed E-state index contributed by atoms with van der Waals surface area (Å²) in [6.07, 6.45) is 4.10.